The van der Waals surface area contributed by atoms with E-state index in [0.29, 0.717) is 5.56 Å². The second-order valence-electron chi connectivity index (χ2n) is 5.02. The van der Waals surface area contributed by atoms with E-state index in [0.717, 1.165) is 0 Å². The van der Waals surface area contributed by atoms with Gasteiger partial charge in [0.15, 0.2) is 6.19 Å². The van der Waals surface area contributed by atoms with E-state index >= 15 is 0 Å². The normalized spacial score (nSPS) is 10.3. The van der Waals surface area contributed by atoms with Crippen LogP contribution in [0.4, 0.5) is 0 Å². The Morgan fingerprint density at radius 2 is 1.64 bits per heavy atom. The molecule has 1 aromatic carbocycles. The highest BCUT2D eigenvalue weighted by molar-refractivity contribution is 6.08. The summed E-state index contributed by atoms with van der Waals surface area (Å²) in [4.78, 5) is 37.2. The van der Waals surface area contributed by atoms with Crippen LogP contribution in [0, 0.1) is 11.5 Å². The highest BCUT2D eigenvalue weighted by atomic mass is 16.6. The van der Waals surface area contributed by atoms with Crippen LogP contribution in [0.2, 0.25) is 0 Å². The van der Waals surface area contributed by atoms with Gasteiger partial charge in [-0.1, -0.05) is 30.3 Å². The Bertz CT molecular complexity index is 621. The Balaban J connectivity index is 3.25. The summed E-state index contributed by atoms with van der Waals surface area (Å²) in [5, 5.41) is 13.1. The molecule has 0 radical (unpaired) electrons. The summed E-state index contributed by atoms with van der Waals surface area (Å²) < 4.78 is 10.0. The maximum absolute atomic E-state index is 12.6. The van der Waals surface area contributed by atoms with Gasteiger partial charge in [0.1, 0.15) is 6.54 Å². The van der Waals surface area contributed by atoms with Crippen LogP contribution >= 0.6 is 0 Å². The second-order valence-corrected chi connectivity index (χ2v) is 5.02. The molecule has 0 heterocycles. The van der Waals surface area contributed by atoms with Crippen molar-refractivity contribution in [3.63, 3.8) is 0 Å². The van der Waals surface area contributed by atoms with Crippen LogP contribution in [-0.2, 0) is 30.3 Å². The van der Waals surface area contributed by atoms with Crippen molar-refractivity contribution in [2.24, 2.45) is 0 Å². The third-order valence-corrected chi connectivity index (χ3v) is 3.24. The number of nitrogens with one attached hydrogen (secondary N) is 2. The molecule has 134 valence electrons. The standard InChI is InChI=1S/C17H21N3O5/c1-3-24-15(22)17(16(23)25-4-2,20-14(21)11-19-12-18)10-13-8-6-5-7-9-13/h5-9,19H,3-4,10-11H2,1-2H3,(H,20,21). The van der Waals surface area contributed by atoms with Gasteiger partial charge in [0.2, 0.25) is 11.4 Å². The van der Waals surface area contributed by atoms with Gasteiger partial charge in [-0.25, -0.2) is 9.59 Å². The molecule has 0 saturated carbocycles. The van der Waals surface area contributed by atoms with Crippen molar-refractivity contribution in [1.82, 2.24) is 10.6 Å². The molecule has 0 unspecified atom stereocenters. The maximum atomic E-state index is 12.6. The van der Waals surface area contributed by atoms with Gasteiger partial charge in [0.25, 0.3) is 0 Å². The maximum Gasteiger partial charge on any atom is 0.344 e. The second kappa shape index (κ2) is 9.93. The van der Waals surface area contributed by atoms with Gasteiger partial charge < -0.3 is 20.1 Å². The van der Waals surface area contributed by atoms with Gasteiger partial charge in [-0.15, -0.1) is 0 Å². The van der Waals surface area contributed by atoms with E-state index < -0.39 is 23.4 Å². The highest BCUT2D eigenvalue weighted by Crippen LogP contribution is 2.18. The van der Waals surface area contributed by atoms with E-state index in [1.807, 2.05) is 0 Å². The number of esters is 2. The van der Waals surface area contributed by atoms with Crippen LogP contribution < -0.4 is 10.6 Å². The molecular weight excluding hydrogens is 326 g/mol. The van der Waals surface area contributed by atoms with Crippen molar-refractivity contribution in [3.8, 4) is 6.19 Å². The quantitative estimate of drug-likeness (QED) is 0.285. The van der Waals surface area contributed by atoms with E-state index in [1.165, 1.54) is 0 Å². The Morgan fingerprint density at radius 3 is 2.12 bits per heavy atom. The number of nitrogens with zero attached hydrogens (tertiary/aromatic N) is 1. The molecule has 1 amide bonds. The monoisotopic (exact) mass is 347 g/mol. The summed E-state index contributed by atoms with van der Waals surface area (Å²) in [5.41, 5.74) is -1.39. The number of ether oxygens (including phenoxy) is 2. The van der Waals surface area contributed by atoms with Crippen molar-refractivity contribution in [1.29, 1.82) is 5.26 Å². The topological polar surface area (TPSA) is 118 Å². The predicted octanol–water partition coefficient (Wildman–Crippen LogP) is 0.281. The first kappa shape index (κ1) is 20.0. The highest BCUT2D eigenvalue weighted by Gasteiger charge is 2.50. The largest absolute Gasteiger partial charge is 0.464 e. The van der Waals surface area contributed by atoms with Crippen LogP contribution in [-0.4, -0.2) is 43.1 Å². The Morgan fingerprint density at radius 1 is 1.08 bits per heavy atom. The van der Waals surface area contributed by atoms with E-state index in [-0.39, 0.29) is 26.2 Å². The number of carbonyl (C=O) groups excluding carboxylic acids is 3. The first-order chi connectivity index (χ1) is 12.0. The van der Waals surface area contributed by atoms with Gasteiger partial charge in [-0.05, 0) is 19.4 Å². The molecule has 0 fully saturated rings. The molecule has 0 aliphatic rings. The zero-order chi connectivity index (χ0) is 18.7. The minimum absolute atomic E-state index is 0.0289. The van der Waals surface area contributed by atoms with Crippen molar-refractivity contribution >= 4 is 17.8 Å². The lowest BCUT2D eigenvalue weighted by molar-refractivity contribution is -0.168. The molecule has 1 rings (SSSR count). The molecule has 8 nitrogen and oxygen atoms in total. The fourth-order valence-corrected chi connectivity index (χ4v) is 2.19. The molecule has 0 bridgehead atoms. The van der Waals surface area contributed by atoms with Crippen LogP contribution in [0.25, 0.3) is 0 Å². The van der Waals surface area contributed by atoms with Crippen LogP contribution in [0.15, 0.2) is 30.3 Å². The molecule has 0 saturated heterocycles. The molecule has 25 heavy (non-hydrogen) atoms. The van der Waals surface area contributed by atoms with Crippen molar-refractivity contribution in [3.05, 3.63) is 35.9 Å². The van der Waals surface area contributed by atoms with E-state index in [4.69, 9.17) is 14.7 Å². The van der Waals surface area contributed by atoms with Gasteiger partial charge in [-0.3, -0.25) is 4.79 Å². The molecule has 0 aromatic heterocycles. The molecular formula is C17H21N3O5. The molecule has 1 aromatic rings. The molecule has 2 N–H and O–H groups in total. The van der Waals surface area contributed by atoms with Gasteiger partial charge in [0.05, 0.1) is 13.2 Å². The average Bonchev–Trinajstić information content (AvgIpc) is 2.60. The Labute approximate surface area is 146 Å². The number of rotatable bonds is 9. The first-order valence-corrected chi connectivity index (χ1v) is 7.81. The minimum atomic E-state index is -2.03. The third-order valence-electron chi connectivity index (χ3n) is 3.24. The summed E-state index contributed by atoms with van der Waals surface area (Å²) in [6.07, 6.45) is 1.46. The van der Waals surface area contributed by atoms with Crippen LogP contribution in [0.5, 0.6) is 0 Å². The lowest BCUT2D eigenvalue weighted by Gasteiger charge is -2.30. The minimum Gasteiger partial charge on any atom is -0.464 e. The SMILES string of the molecule is CCOC(=O)C(Cc1ccccc1)(NC(=O)CNC#N)C(=O)OCC. The average molecular weight is 347 g/mol. The van der Waals surface area contributed by atoms with Crippen LogP contribution in [0.3, 0.4) is 0 Å². The summed E-state index contributed by atoms with van der Waals surface area (Å²) in [7, 11) is 0. The van der Waals surface area contributed by atoms with Crippen molar-refractivity contribution in [2.75, 3.05) is 19.8 Å². The van der Waals surface area contributed by atoms with Crippen LogP contribution in [0.1, 0.15) is 19.4 Å². The molecule has 8 heteroatoms. The molecule has 0 aliphatic carbocycles. The number of hydrogen-bond donors (Lipinski definition) is 2. The van der Waals surface area contributed by atoms with Gasteiger partial charge >= 0.3 is 11.9 Å². The lowest BCUT2D eigenvalue weighted by Crippen LogP contribution is -2.63. The van der Waals surface area contributed by atoms with Crippen molar-refractivity contribution < 1.29 is 23.9 Å². The van der Waals surface area contributed by atoms with E-state index in [1.54, 1.807) is 50.4 Å². The van der Waals surface area contributed by atoms with Gasteiger partial charge in [-0.2, -0.15) is 5.26 Å². The summed E-state index contributed by atoms with van der Waals surface area (Å²) in [5.74, 6) is -2.54. The fraction of sp³-hybridized carbons (Fsp3) is 0.412. The lowest BCUT2D eigenvalue weighted by atomic mass is 9.90. The number of nitriles is 1. The predicted molar refractivity (Wildman–Crippen MR) is 87.9 cm³/mol. The smallest absolute Gasteiger partial charge is 0.344 e. The van der Waals surface area contributed by atoms with E-state index in [2.05, 4.69) is 10.6 Å². The molecule has 0 atom stereocenters. The third kappa shape index (κ3) is 5.49. The molecule has 0 spiro atoms. The molecule has 0 aliphatic heterocycles. The Hall–Kier alpha value is -3.08. The summed E-state index contributed by atoms with van der Waals surface area (Å²) in [6, 6.07) is 8.71. The van der Waals surface area contributed by atoms with Crippen molar-refractivity contribution in [2.45, 2.75) is 25.8 Å². The Kier molecular flexibility index (Phi) is 7.93. The number of hydrogen-bond acceptors (Lipinski definition) is 7. The fourth-order valence-electron chi connectivity index (χ4n) is 2.19. The van der Waals surface area contributed by atoms with E-state index in [9.17, 15) is 14.4 Å². The first-order valence-electron chi connectivity index (χ1n) is 7.81. The number of carbonyl (C=O) groups is 3. The summed E-state index contributed by atoms with van der Waals surface area (Å²) >= 11 is 0. The summed E-state index contributed by atoms with van der Waals surface area (Å²) in [6.45, 7) is 2.86. The zero-order valence-electron chi connectivity index (χ0n) is 14.2. The number of amides is 1. The number of benzene rings is 1. The van der Waals surface area contributed by atoms with Gasteiger partial charge in [0, 0.05) is 6.42 Å². The zero-order valence-corrected chi connectivity index (χ0v) is 14.2.